The Morgan fingerprint density at radius 3 is 1.22 bits per heavy atom. The number of halogens is 4. The first-order valence-corrected chi connectivity index (χ1v) is 18.3. The zero-order chi connectivity index (χ0) is 39.1. The van der Waals surface area contributed by atoms with Crippen molar-refractivity contribution in [2.24, 2.45) is 0 Å². The van der Waals surface area contributed by atoms with Gasteiger partial charge in [0.1, 0.15) is 11.5 Å². The van der Waals surface area contributed by atoms with E-state index in [9.17, 15) is 9.59 Å². The highest BCUT2D eigenvalue weighted by Gasteiger charge is 2.37. The summed E-state index contributed by atoms with van der Waals surface area (Å²) in [5.41, 5.74) is 1.85. The van der Waals surface area contributed by atoms with Crippen molar-refractivity contribution in [3.8, 4) is 11.5 Å². The molecular formula is C44H48F4O6. The van der Waals surface area contributed by atoms with Gasteiger partial charge in [0, 0.05) is 21.9 Å². The number of benzene rings is 4. The molecule has 0 radical (unpaired) electrons. The van der Waals surface area contributed by atoms with Gasteiger partial charge in [0.05, 0.1) is 24.3 Å². The fourth-order valence-electron chi connectivity index (χ4n) is 5.69. The van der Waals surface area contributed by atoms with E-state index >= 15 is 17.6 Å². The van der Waals surface area contributed by atoms with Gasteiger partial charge in [-0.15, -0.1) is 0 Å². The van der Waals surface area contributed by atoms with Gasteiger partial charge in [0.15, 0.2) is 0 Å². The van der Waals surface area contributed by atoms with E-state index in [-0.39, 0.29) is 33.4 Å². The molecule has 0 aliphatic rings. The fraction of sp³-hybridized carbons (Fsp3) is 0.364. The van der Waals surface area contributed by atoms with Gasteiger partial charge in [-0.05, 0) is 99.9 Å². The molecular weight excluding hydrogens is 700 g/mol. The highest BCUT2D eigenvalue weighted by molar-refractivity contribution is 5.93. The summed E-state index contributed by atoms with van der Waals surface area (Å²) in [5, 5.41) is 0.390. The molecule has 0 fully saturated rings. The summed E-state index contributed by atoms with van der Waals surface area (Å²) in [6, 6.07) is 20.5. The zero-order valence-electron chi connectivity index (χ0n) is 30.9. The molecule has 0 saturated heterocycles. The predicted octanol–water partition coefficient (Wildman–Crippen LogP) is 11.5. The molecule has 4 aromatic carbocycles. The molecule has 10 heteroatoms. The Balaban J connectivity index is 1.30. The number of carbonyl (C=O) groups is 2. The molecule has 54 heavy (non-hydrogen) atoms. The number of hydrogen-bond acceptors (Lipinski definition) is 6. The number of rotatable bonds is 22. The lowest BCUT2D eigenvalue weighted by Crippen LogP contribution is -2.23. The fourth-order valence-corrected chi connectivity index (χ4v) is 5.69. The summed E-state index contributed by atoms with van der Waals surface area (Å²) in [7, 11) is 0. The third-order valence-corrected chi connectivity index (χ3v) is 8.78. The second-order valence-corrected chi connectivity index (χ2v) is 13.4. The molecule has 0 unspecified atom stereocenters. The minimum Gasteiger partial charge on any atom is -0.462 e. The van der Waals surface area contributed by atoms with Gasteiger partial charge in [0.2, 0.25) is 0 Å². The molecule has 6 nitrogen and oxygen atoms in total. The van der Waals surface area contributed by atoms with Crippen molar-refractivity contribution in [2.45, 2.75) is 90.3 Å². The lowest BCUT2D eigenvalue weighted by molar-refractivity contribution is -0.186. The Morgan fingerprint density at radius 2 is 0.870 bits per heavy atom. The first-order valence-electron chi connectivity index (χ1n) is 18.3. The van der Waals surface area contributed by atoms with Crippen LogP contribution in [0, 0.1) is 0 Å². The van der Waals surface area contributed by atoms with E-state index in [0.717, 1.165) is 62.5 Å². The summed E-state index contributed by atoms with van der Waals surface area (Å²) < 4.78 is 82.3. The molecule has 0 aliphatic heterocycles. The highest BCUT2D eigenvalue weighted by atomic mass is 19.3. The Kier molecular flexibility index (Phi) is 15.3. The number of carbonyl (C=O) groups excluding carboxylic acids is 2. The Morgan fingerprint density at radius 1 is 0.519 bits per heavy atom. The molecule has 0 N–H and O–H groups in total. The molecule has 0 atom stereocenters. The standard InChI is InChI=1S/C44H48F4O6/c1-31(2)41(49)51-29-13-7-5-9-15-33-19-23-35(24-20-33)43(45,46)53-39-27-28-40(38-18-12-11-17-37(38)39)54-44(47,48)36-25-21-34(22-26-36)16-10-6-8-14-30-52-42(50)32(3)4/h11-12,17-28H,1,3,5-10,13-16,29-30H2,2,4H3. The smallest absolute Gasteiger partial charge is 0.426 e. The Bertz CT molecular complexity index is 1730. The van der Waals surface area contributed by atoms with Crippen molar-refractivity contribution in [3.63, 3.8) is 0 Å². The van der Waals surface area contributed by atoms with Gasteiger partial charge in [-0.25, -0.2) is 9.59 Å². The summed E-state index contributed by atoms with van der Waals surface area (Å²) in [4.78, 5) is 22.9. The van der Waals surface area contributed by atoms with Gasteiger partial charge in [-0.2, -0.15) is 17.6 Å². The van der Waals surface area contributed by atoms with Crippen molar-refractivity contribution in [1.82, 2.24) is 0 Å². The monoisotopic (exact) mass is 748 g/mol. The van der Waals surface area contributed by atoms with Crippen LogP contribution in [0.25, 0.3) is 10.8 Å². The maximum Gasteiger partial charge on any atom is 0.426 e. The molecule has 4 rings (SSSR count). The summed E-state index contributed by atoms with van der Waals surface area (Å²) in [6.07, 6.45) is 0.746. The van der Waals surface area contributed by atoms with E-state index in [4.69, 9.17) is 18.9 Å². The highest BCUT2D eigenvalue weighted by Crippen LogP contribution is 2.41. The molecule has 0 aliphatic carbocycles. The molecule has 0 heterocycles. The van der Waals surface area contributed by atoms with Gasteiger partial charge in [0.25, 0.3) is 0 Å². The Hall–Kier alpha value is -5.12. The van der Waals surface area contributed by atoms with Crippen molar-refractivity contribution in [2.75, 3.05) is 13.2 Å². The van der Waals surface area contributed by atoms with Crippen LogP contribution in [0.5, 0.6) is 11.5 Å². The molecule has 288 valence electrons. The summed E-state index contributed by atoms with van der Waals surface area (Å²) >= 11 is 0. The van der Waals surface area contributed by atoms with Crippen molar-refractivity contribution < 1.29 is 46.1 Å². The molecule has 0 bridgehead atoms. The van der Waals surface area contributed by atoms with Gasteiger partial charge < -0.3 is 18.9 Å². The van der Waals surface area contributed by atoms with Crippen molar-refractivity contribution in [1.29, 1.82) is 0 Å². The number of hydrogen-bond donors (Lipinski definition) is 0. The van der Waals surface area contributed by atoms with Crippen molar-refractivity contribution >= 4 is 22.7 Å². The first-order chi connectivity index (χ1) is 25.8. The minimum absolute atomic E-state index is 0.179. The molecule has 0 aromatic heterocycles. The number of aryl methyl sites for hydroxylation is 2. The number of ether oxygens (including phenoxy) is 4. The predicted molar refractivity (Wildman–Crippen MR) is 202 cm³/mol. The van der Waals surface area contributed by atoms with Crippen LogP contribution in [0.15, 0.2) is 109 Å². The average Bonchev–Trinajstić information content (AvgIpc) is 3.15. The van der Waals surface area contributed by atoms with Crippen LogP contribution in [0.1, 0.15) is 87.5 Å². The van der Waals surface area contributed by atoms with Gasteiger partial charge in [-0.1, -0.05) is 87.4 Å². The third kappa shape index (κ3) is 12.5. The number of esters is 2. The quantitative estimate of drug-likeness (QED) is 0.0345. The number of fused-ring (bicyclic) bond motifs is 1. The first kappa shape index (κ1) is 41.6. The average molecular weight is 749 g/mol. The topological polar surface area (TPSA) is 71.1 Å². The van der Waals surface area contributed by atoms with Crippen LogP contribution in [0.4, 0.5) is 17.6 Å². The van der Waals surface area contributed by atoms with Crippen LogP contribution in [0.3, 0.4) is 0 Å². The van der Waals surface area contributed by atoms with E-state index in [1.165, 1.54) is 48.5 Å². The van der Waals surface area contributed by atoms with Crippen LogP contribution < -0.4 is 9.47 Å². The lowest BCUT2D eigenvalue weighted by atomic mass is 10.0. The number of unbranched alkanes of at least 4 members (excludes halogenated alkanes) is 6. The molecule has 0 saturated carbocycles. The largest absolute Gasteiger partial charge is 0.462 e. The van der Waals surface area contributed by atoms with E-state index in [2.05, 4.69) is 13.2 Å². The third-order valence-electron chi connectivity index (χ3n) is 8.78. The second-order valence-electron chi connectivity index (χ2n) is 13.4. The van der Waals surface area contributed by atoms with Crippen LogP contribution in [0.2, 0.25) is 0 Å². The molecule has 0 spiro atoms. The van der Waals surface area contributed by atoms with Crippen molar-refractivity contribution in [3.05, 3.63) is 131 Å². The van der Waals surface area contributed by atoms with E-state index < -0.39 is 24.2 Å². The van der Waals surface area contributed by atoms with Crippen LogP contribution in [-0.2, 0) is 44.1 Å². The molecule has 4 aromatic rings. The van der Waals surface area contributed by atoms with E-state index in [1.54, 1.807) is 50.2 Å². The van der Waals surface area contributed by atoms with E-state index in [1.807, 2.05) is 0 Å². The SMILES string of the molecule is C=C(C)C(=O)OCCCCCCc1ccc(C(F)(F)Oc2ccc(OC(F)(F)c3ccc(CCCCCCOC(=O)C(=C)C)cc3)c3ccccc23)cc1. The Labute approximate surface area is 314 Å². The molecule has 0 amide bonds. The maximum atomic E-state index is 15.4. The lowest BCUT2D eigenvalue weighted by Gasteiger charge is -2.22. The number of alkyl halides is 4. The second kappa shape index (κ2) is 19.8. The summed E-state index contributed by atoms with van der Waals surface area (Å²) in [6.45, 7) is 11.0. The zero-order valence-corrected chi connectivity index (χ0v) is 30.9. The van der Waals surface area contributed by atoms with Gasteiger partial charge in [-0.3, -0.25) is 0 Å². The van der Waals surface area contributed by atoms with Crippen LogP contribution in [-0.4, -0.2) is 25.2 Å². The normalized spacial score (nSPS) is 11.6. The van der Waals surface area contributed by atoms with E-state index in [0.29, 0.717) is 37.2 Å². The summed E-state index contributed by atoms with van der Waals surface area (Å²) in [5.74, 6) is -1.15. The minimum atomic E-state index is -3.70. The van der Waals surface area contributed by atoms with Gasteiger partial charge >= 0.3 is 24.2 Å². The maximum absolute atomic E-state index is 15.4. The van der Waals surface area contributed by atoms with Crippen LogP contribution >= 0.6 is 0 Å².